The minimum atomic E-state index is -0.446. The number of rotatable bonds is 5. The monoisotopic (exact) mass is 250 g/mol. The second-order valence-corrected chi connectivity index (χ2v) is 4.23. The molecule has 0 unspecified atom stereocenters. The van der Waals surface area contributed by atoms with Gasteiger partial charge in [0.15, 0.2) is 0 Å². The first-order valence-electron chi connectivity index (χ1n) is 6.02. The van der Waals surface area contributed by atoms with E-state index in [1.54, 1.807) is 24.1 Å². The molecule has 0 atom stereocenters. The fourth-order valence-electron chi connectivity index (χ4n) is 1.47. The third-order valence-electron chi connectivity index (χ3n) is 2.66. The Morgan fingerprint density at radius 3 is 2.83 bits per heavy atom. The Labute approximate surface area is 107 Å². The van der Waals surface area contributed by atoms with Crippen molar-refractivity contribution in [3.05, 3.63) is 35.7 Å². The molecule has 4 heteroatoms. The van der Waals surface area contributed by atoms with Crippen LogP contribution in [-0.4, -0.2) is 24.4 Å². The summed E-state index contributed by atoms with van der Waals surface area (Å²) in [5.74, 6) is -0.509. The Kier molecular flexibility index (Phi) is 5.36. The van der Waals surface area contributed by atoms with Crippen LogP contribution in [0.5, 0.6) is 0 Å². The van der Waals surface area contributed by atoms with Gasteiger partial charge in [0.1, 0.15) is 5.82 Å². The summed E-state index contributed by atoms with van der Waals surface area (Å²) in [5.41, 5.74) is 6.25. The first kappa shape index (κ1) is 14.2. The molecule has 1 aromatic carbocycles. The van der Waals surface area contributed by atoms with Gasteiger partial charge in [-0.1, -0.05) is 19.4 Å². The molecule has 3 nitrogen and oxygen atoms in total. The molecule has 0 radical (unpaired) electrons. The van der Waals surface area contributed by atoms with Crippen molar-refractivity contribution in [1.82, 2.24) is 4.90 Å². The molecule has 0 aliphatic carbocycles. The van der Waals surface area contributed by atoms with Gasteiger partial charge in [-0.3, -0.25) is 4.79 Å². The van der Waals surface area contributed by atoms with Crippen LogP contribution in [0.4, 0.5) is 10.1 Å². The third kappa shape index (κ3) is 4.20. The summed E-state index contributed by atoms with van der Waals surface area (Å²) in [7, 11) is 1.77. The lowest BCUT2D eigenvalue weighted by molar-refractivity contribution is -0.124. The van der Waals surface area contributed by atoms with Gasteiger partial charge in [0.05, 0.1) is 5.69 Å². The molecule has 0 saturated carbocycles. The average Bonchev–Trinajstić information content (AvgIpc) is 2.36. The number of anilines is 1. The normalized spacial score (nSPS) is 10.8. The topological polar surface area (TPSA) is 46.3 Å². The summed E-state index contributed by atoms with van der Waals surface area (Å²) in [6.07, 6.45) is 5.15. The second kappa shape index (κ2) is 6.79. The van der Waals surface area contributed by atoms with E-state index in [0.29, 0.717) is 5.56 Å². The predicted octanol–water partition coefficient (Wildman–Crippen LogP) is 2.68. The third-order valence-corrected chi connectivity index (χ3v) is 2.66. The van der Waals surface area contributed by atoms with Crippen molar-refractivity contribution in [1.29, 1.82) is 0 Å². The molecule has 0 aliphatic rings. The molecule has 18 heavy (non-hydrogen) atoms. The first-order chi connectivity index (χ1) is 8.54. The Bertz CT molecular complexity index is 443. The van der Waals surface area contributed by atoms with E-state index >= 15 is 0 Å². The lowest BCUT2D eigenvalue weighted by atomic mass is 10.2. The molecule has 1 aromatic rings. The number of benzene rings is 1. The molecular formula is C14H19FN2O. The smallest absolute Gasteiger partial charge is 0.246 e. The van der Waals surface area contributed by atoms with Gasteiger partial charge < -0.3 is 10.6 Å². The lowest BCUT2D eigenvalue weighted by Crippen LogP contribution is -2.25. The second-order valence-electron chi connectivity index (χ2n) is 4.23. The van der Waals surface area contributed by atoms with Crippen molar-refractivity contribution in [2.75, 3.05) is 19.3 Å². The van der Waals surface area contributed by atoms with Crippen molar-refractivity contribution in [2.45, 2.75) is 19.8 Å². The molecule has 0 spiro atoms. The molecule has 0 aliphatic heterocycles. The van der Waals surface area contributed by atoms with Crippen LogP contribution >= 0.6 is 0 Å². The van der Waals surface area contributed by atoms with Gasteiger partial charge in [0, 0.05) is 19.7 Å². The number of carbonyl (C=O) groups is 1. The van der Waals surface area contributed by atoms with Crippen molar-refractivity contribution < 1.29 is 9.18 Å². The Hall–Kier alpha value is -1.84. The summed E-state index contributed by atoms with van der Waals surface area (Å²) in [5, 5.41) is 0. The number of amides is 1. The molecule has 0 fully saturated rings. The van der Waals surface area contributed by atoms with Crippen LogP contribution in [0.15, 0.2) is 24.3 Å². The van der Waals surface area contributed by atoms with Crippen molar-refractivity contribution in [3.63, 3.8) is 0 Å². The van der Waals surface area contributed by atoms with E-state index in [9.17, 15) is 9.18 Å². The van der Waals surface area contributed by atoms with Gasteiger partial charge in [0.2, 0.25) is 5.91 Å². The van der Waals surface area contributed by atoms with E-state index in [0.717, 1.165) is 19.4 Å². The van der Waals surface area contributed by atoms with Gasteiger partial charge in [-0.15, -0.1) is 0 Å². The number of halogens is 1. The fraction of sp³-hybridized carbons (Fsp3) is 0.357. The van der Waals surface area contributed by atoms with Gasteiger partial charge in [-0.2, -0.15) is 0 Å². The Morgan fingerprint density at radius 1 is 1.50 bits per heavy atom. The maximum Gasteiger partial charge on any atom is 0.246 e. The summed E-state index contributed by atoms with van der Waals surface area (Å²) < 4.78 is 12.9. The van der Waals surface area contributed by atoms with Crippen molar-refractivity contribution in [3.8, 4) is 0 Å². The SMILES string of the molecule is CCCCN(C)C(=O)/C=C/c1ccc(F)c(N)c1. The van der Waals surface area contributed by atoms with E-state index in [4.69, 9.17) is 5.73 Å². The maximum atomic E-state index is 12.9. The minimum Gasteiger partial charge on any atom is -0.396 e. The zero-order valence-corrected chi connectivity index (χ0v) is 10.8. The summed E-state index contributed by atoms with van der Waals surface area (Å²) in [4.78, 5) is 13.4. The molecule has 98 valence electrons. The number of carbonyl (C=O) groups excluding carboxylic acids is 1. The number of unbranched alkanes of at least 4 members (excludes halogenated alkanes) is 1. The maximum absolute atomic E-state index is 12.9. The van der Waals surface area contributed by atoms with Crippen LogP contribution < -0.4 is 5.73 Å². The zero-order chi connectivity index (χ0) is 13.5. The summed E-state index contributed by atoms with van der Waals surface area (Å²) >= 11 is 0. The fourth-order valence-corrected chi connectivity index (χ4v) is 1.47. The number of nitrogen functional groups attached to an aromatic ring is 1. The highest BCUT2D eigenvalue weighted by Crippen LogP contribution is 2.13. The van der Waals surface area contributed by atoms with Crippen LogP contribution in [0.3, 0.4) is 0 Å². The molecule has 0 aromatic heterocycles. The molecule has 2 N–H and O–H groups in total. The quantitative estimate of drug-likeness (QED) is 0.645. The first-order valence-corrected chi connectivity index (χ1v) is 6.02. The number of hydrogen-bond donors (Lipinski definition) is 1. The van der Waals surface area contributed by atoms with E-state index in [1.807, 2.05) is 0 Å². The molecule has 0 heterocycles. The molecule has 0 bridgehead atoms. The van der Waals surface area contributed by atoms with Crippen LogP contribution in [0.2, 0.25) is 0 Å². The van der Waals surface area contributed by atoms with E-state index in [-0.39, 0.29) is 11.6 Å². The zero-order valence-electron chi connectivity index (χ0n) is 10.8. The van der Waals surface area contributed by atoms with Crippen LogP contribution in [-0.2, 0) is 4.79 Å². The lowest BCUT2D eigenvalue weighted by Gasteiger charge is -2.13. The van der Waals surface area contributed by atoms with E-state index in [2.05, 4.69) is 6.92 Å². The molecular weight excluding hydrogens is 231 g/mol. The summed E-state index contributed by atoms with van der Waals surface area (Å²) in [6, 6.07) is 4.38. The largest absolute Gasteiger partial charge is 0.396 e. The highest BCUT2D eigenvalue weighted by atomic mass is 19.1. The molecule has 1 rings (SSSR count). The standard InChI is InChI=1S/C14H19FN2O/c1-3-4-9-17(2)14(18)8-6-11-5-7-12(15)13(16)10-11/h5-8,10H,3-4,9,16H2,1-2H3/b8-6+. The minimum absolute atomic E-state index is 0.0636. The van der Waals surface area contributed by atoms with Crippen LogP contribution in [0, 0.1) is 5.82 Å². The Morgan fingerprint density at radius 2 is 2.22 bits per heavy atom. The van der Waals surface area contributed by atoms with Crippen LogP contribution in [0.25, 0.3) is 6.08 Å². The number of nitrogens with zero attached hydrogens (tertiary/aromatic N) is 1. The summed E-state index contributed by atoms with van der Waals surface area (Å²) in [6.45, 7) is 2.82. The molecule has 1 amide bonds. The van der Waals surface area contributed by atoms with Gasteiger partial charge in [0.25, 0.3) is 0 Å². The van der Waals surface area contributed by atoms with Crippen molar-refractivity contribution in [2.24, 2.45) is 0 Å². The predicted molar refractivity (Wildman–Crippen MR) is 72.4 cm³/mol. The number of hydrogen-bond acceptors (Lipinski definition) is 2. The van der Waals surface area contributed by atoms with E-state index < -0.39 is 5.82 Å². The van der Waals surface area contributed by atoms with Crippen molar-refractivity contribution >= 4 is 17.7 Å². The number of likely N-dealkylation sites (N-methyl/N-ethyl adjacent to an activating group) is 1. The average molecular weight is 250 g/mol. The number of nitrogens with two attached hydrogens (primary N) is 1. The van der Waals surface area contributed by atoms with Gasteiger partial charge in [-0.25, -0.2) is 4.39 Å². The van der Waals surface area contributed by atoms with E-state index in [1.165, 1.54) is 18.2 Å². The van der Waals surface area contributed by atoms with Gasteiger partial charge in [-0.05, 0) is 30.2 Å². The molecule has 0 saturated heterocycles. The Balaban J connectivity index is 2.62. The van der Waals surface area contributed by atoms with Gasteiger partial charge >= 0.3 is 0 Å². The van der Waals surface area contributed by atoms with Crippen LogP contribution in [0.1, 0.15) is 25.3 Å². The highest BCUT2D eigenvalue weighted by molar-refractivity contribution is 5.91. The highest BCUT2D eigenvalue weighted by Gasteiger charge is 2.03.